The molecule has 0 aliphatic heterocycles. The zero-order valence-electron chi connectivity index (χ0n) is 5.72. The van der Waals surface area contributed by atoms with Crippen molar-refractivity contribution in [3.63, 3.8) is 0 Å². The van der Waals surface area contributed by atoms with E-state index in [1.54, 1.807) is 0 Å². The molecule has 0 nitrogen and oxygen atoms in total. The molecule has 0 N–H and O–H groups in total. The first kappa shape index (κ1) is 6.60. The third-order valence-corrected chi connectivity index (χ3v) is 1.45. The molecule has 1 rings (SSSR count). The molecule has 0 heterocycles. The molecule has 0 bridgehead atoms. The first-order valence-electron chi connectivity index (χ1n) is 3.62. The molecular weight excluding hydrogens is 108 g/mol. The normalized spacial score (nSPS) is 27.6. The van der Waals surface area contributed by atoms with Crippen LogP contribution in [0.1, 0.15) is 25.7 Å². The smallest absolute Gasteiger partial charge is 0.0169 e. The molecule has 9 heavy (non-hydrogen) atoms. The van der Waals surface area contributed by atoms with Crippen molar-refractivity contribution in [2.45, 2.75) is 25.7 Å². The zero-order chi connectivity index (χ0) is 6.36. The minimum atomic E-state index is 1.12. The number of rotatable bonds is 0. The van der Waals surface area contributed by atoms with Crippen molar-refractivity contribution in [1.82, 2.24) is 0 Å². The Morgan fingerprint density at radius 3 is 2.44 bits per heavy atom. The summed E-state index contributed by atoms with van der Waals surface area (Å²) in [5.41, 5.74) is 0. The Labute approximate surface area is 57.3 Å². The molecule has 1 aliphatic carbocycles. The summed E-state index contributed by atoms with van der Waals surface area (Å²) in [6.07, 6.45) is 16.0. The quantitative estimate of drug-likeness (QED) is 0.432. The fourth-order valence-corrected chi connectivity index (χ4v) is 0.913. The monoisotopic (exact) mass is 121 g/mol. The van der Waals surface area contributed by atoms with E-state index in [1.807, 2.05) is 0 Å². The summed E-state index contributed by atoms with van der Waals surface area (Å²) in [5.74, 6) is 0. The summed E-state index contributed by atoms with van der Waals surface area (Å²) >= 11 is 0. The van der Waals surface area contributed by atoms with Crippen LogP contribution in [0.3, 0.4) is 0 Å². The van der Waals surface area contributed by atoms with Gasteiger partial charge in [0.05, 0.1) is 0 Å². The largest absolute Gasteiger partial charge is 0.0882 e. The van der Waals surface area contributed by atoms with Gasteiger partial charge in [-0.2, -0.15) is 0 Å². The Balaban J connectivity index is 2.28. The highest BCUT2D eigenvalue weighted by Gasteiger charge is 1.85. The average Bonchev–Trinajstić information content (AvgIpc) is 2.00. The fourth-order valence-electron chi connectivity index (χ4n) is 0.913. The molecule has 0 aromatic carbocycles. The van der Waals surface area contributed by atoms with Crippen LogP contribution in [0.4, 0.5) is 0 Å². The van der Waals surface area contributed by atoms with Gasteiger partial charge in [0.25, 0.3) is 0 Å². The lowest BCUT2D eigenvalue weighted by atomic mass is 10.2. The van der Waals surface area contributed by atoms with Gasteiger partial charge in [-0.3, -0.25) is 0 Å². The molecular formula is C9H13. The maximum atomic E-state index is 2.33. The molecule has 49 valence electrons. The first-order valence-corrected chi connectivity index (χ1v) is 3.62. The molecule has 0 aromatic rings. The minimum Gasteiger partial charge on any atom is -0.0882 e. The van der Waals surface area contributed by atoms with Crippen molar-refractivity contribution in [3.05, 3.63) is 30.7 Å². The second kappa shape index (κ2) is 4.37. The minimum absolute atomic E-state index is 1.12. The van der Waals surface area contributed by atoms with E-state index in [-0.39, 0.29) is 0 Å². The molecule has 0 saturated carbocycles. The highest BCUT2D eigenvalue weighted by molar-refractivity contribution is 4.97. The van der Waals surface area contributed by atoms with Crippen molar-refractivity contribution in [2.75, 3.05) is 0 Å². The predicted molar refractivity (Wildman–Crippen MR) is 41.0 cm³/mol. The van der Waals surface area contributed by atoms with Crippen LogP contribution < -0.4 is 0 Å². The molecule has 0 heteroatoms. The maximum Gasteiger partial charge on any atom is -0.0169 e. The van der Waals surface area contributed by atoms with Gasteiger partial charge in [-0.1, -0.05) is 24.3 Å². The van der Waals surface area contributed by atoms with Gasteiger partial charge < -0.3 is 0 Å². The van der Waals surface area contributed by atoms with Crippen LogP contribution in [0.15, 0.2) is 24.3 Å². The van der Waals surface area contributed by atoms with Crippen molar-refractivity contribution < 1.29 is 0 Å². The van der Waals surface area contributed by atoms with Crippen LogP contribution in [0, 0.1) is 6.42 Å². The van der Waals surface area contributed by atoms with Crippen molar-refractivity contribution in [2.24, 2.45) is 0 Å². The van der Waals surface area contributed by atoms with Gasteiger partial charge in [0.15, 0.2) is 0 Å². The van der Waals surface area contributed by atoms with Crippen LogP contribution >= 0.6 is 0 Å². The van der Waals surface area contributed by atoms with Crippen LogP contribution in [-0.4, -0.2) is 0 Å². The molecule has 0 spiro atoms. The van der Waals surface area contributed by atoms with E-state index < -0.39 is 0 Å². The SMILES string of the molecule is [CH]1C/C=C\C/C=C\CC1. The van der Waals surface area contributed by atoms with Gasteiger partial charge in [-0.25, -0.2) is 0 Å². The molecule has 0 amide bonds. The second-order valence-corrected chi connectivity index (χ2v) is 2.28. The average molecular weight is 121 g/mol. The Morgan fingerprint density at radius 2 is 1.44 bits per heavy atom. The van der Waals surface area contributed by atoms with Crippen LogP contribution in [0.5, 0.6) is 0 Å². The third kappa shape index (κ3) is 3.12. The summed E-state index contributed by atoms with van der Waals surface area (Å²) in [6.45, 7) is 0. The van der Waals surface area contributed by atoms with E-state index in [1.165, 1.54) is 12.8 Å². The lowest BCUT2D eigenvalue weighted by Gasteiger charge is -1.88. The second-order valence-electron chi connectivity index (χ2n) is 2.28. The summed E-state index contributed by atoms with van der Waals surface area (Å²) in [5, 5.41) is 0. The van der Waals surface area contributed by atoms with Gasteiger partial charge >= 0.3 is 0 Å². The highest BCUT2D eigenvalue weighted by Crippen LogP contribution is 2.04. The Morgan fingerprint density at radius 1 is 0.667 bits per heavy atom. The van der Waals surface area contributed by atoms with E-state index in [0.29, 0.717) is 0 Å². The number of hydrogen-bond donors (Lipinski definition) is 0. The van der Waals surface area contributed by atoms with Gasteiger partial charge in [-0.15, -0.1) is 0 Å². The van der Waals surface area contributed by atoms with E-state index >= 15 is 0 Å². The molecule has 1 aliphatic rings. The van der Waals surface area contributed by atoms with E-state index in [4.69, 9.17) is 0 Å². The van der Waals surface area contributed by atoms with Gasteiger partial charge in [0.1, 0.15) is 0 Å². The Kier molecular flexibility index (Phi) is 3.20. The standard InChI is InChI=1S/C9H13/c1-2-4-6-8-9-7-5-3-1/h1-2,5-7H,3-4,8-9H2/b2-1-,7-5-. The maximum absolute atomic E-state index is 2.33. The predicted octanol–water partition coefficient (Wildman–Crippen LogP) is 2.88. The number of allylic oxidation sites excluding steroid dienone is 4. The molecule has 1 radical (unpaired) electrons. The van der Waals surface area contributed by atoms with E-state index in [9.17, 15) is 0 Å². The van der Waals surface area contributed by atoms with Crippen molar-refractivity contribution >= 4 is 0 Å². The van der Waals surface area contributed by atoms with Gasteiger partial charge in [0, 0.05) is 0 Å². The van der Waals surface area contributed by atoms with Crippen LogP contribution in [0.25, 0.3) is 0 Å². The molecule has 0 unspecified atom stereocenters. The molecule has 0 saturated heterocycles. The number of hydrogen-bond acceptors (Lipinski definition) is 0. The zero-order valence-corrected chi connectivity index (χ0v) is 5.72. The van der Waals surface area contributed by atoms with E-state index in [0.717, 1.165) is 12.8 Å². The van der Waals surface area contributed by atoms with Gasteiger partial charge in [-0.05, 0) is 32.1 Å². The first-order chi connectivity index (χ1) is 4.50. The Bertz CT molecular complexity index is 95.2. The van der Waals surface area contributed by atoms with Crippen LogP contribution in [0.2, 0.25) is 0 Å². The Hall–Kier alpha value is -0.520. The topological polar surface area (TPSA) is 0 Å². The summed E-state index contributed by atoms with van der Waals surface area (Å²) in [7, 11) is 0. The summed E-state index contributed by atoms with van der Waals surface area (Å²) < 4.78 is 0. The van der Waals surface area contributed by atoms with Crippen molar-refractivity contribution in [1.29, 1.82) is 0 Å². The molecule has 0 fully saturated rings. The lowest BCUT2D eigenvalue weighted by Crippen LogP contribution is -1.71. The fraction of sp³-hybridized carbons (Fsp3) is 0.444. The summed E-state index contributed by atoms with van der Waals surface area (Å²) in [4.78, 5) is 0. The third-order valence-electron chi connectivity index (χ3n) is 1.45. The highest BCUT2D eigenvalue weighted by atomic mass is 13.9. The lowest BCUT2D eigenvalue weighted by molar-refractivity contribution is 0.936. The van der Waals surface area contributed by atoms with E-state index in [2.05, 4.69) is 30.7 Å². The molecule has 0 aromatic heterocycles. The van der Waals surface area contributed by atoms with Crippen LogP contribution in [-0.2, 0) is 0 Å². The van der Waals surface area contributed by atoms with Crippen molar-refractivity contribution in [3.8, 4) is 0 Å². The molecule has 0 atom stereocenters. The van der Waals surface area contributed by atoms with Gasteiger partial charge in [0.2, 0.25) is 0 Å². The summed E-state index contributed by atoms with van der Waals surface area (Å²) in [6, 6.07) is 0.